The van der Waals surface area contributed by atoms with Crippen molar-refractivity contribution >= 4 is 5.69 Å². The molecule has 0 radical (unpaired) electrons. The summed E-state index contributed by atoms with van der Waals surface area (Å²) in [4.78, 5) is 0. The van der Waals surface area contributed by atoms with Gasteiger partial charge >= 0.3 is 0 Å². The summed E-state index contributed by atoms with van der Waals surface area (Å²) in [5.41, 5.74) is 15.2. The van der Waals surface area contributed by atoms with Crippen LogP contribution in [0.4, 0.5) is 5.69 Å². The molecule has 0 aliphatic heterocycles. The van der Waals surface area contributed by atoms with Gasteiger partial charge in [0.15, 0.2) is 0 Å². The van der Waals surface area contributed by atoms with Gasteiger partial charge in [0.25, 0.3) is 0 Å². The fourth-order valence-corrected chi connectivity index (χ4v) is 2.09. The van der Waals surface area contributed by atoms with Crippen molar-refractivity contribution in [2.75, 3.05) is 12.3 Å². The van der Waals surface area contributed by atoms with E-state index in [2.05, 4.69) is 32.9 Å². The molecular weight excluding hydrogens is 196 g/mol. The van der Waals surface area contributed by atoms with E-state index >= 15 is 0 Å². The van der Waals surface area contributed by atoms with Crippen LogP contribution >= 0.6 is 0 Å². The molecule has 4 N–H and O–H groups in total. The van der Waals surface area contributed by atoms with Gasteiger partial charge in [-0.15, -0.1) is 0 Å². The Bertz CT molecular complexity index is 334. The van der Waals surface area contributed by atoms with Crippen LogP contribution in [0.15, 0.2) is 18.2 Å². The fourth-order valence-electron chi connectivity index (χ4n) is 2.09. The van der Waals surface area contributed by atoms with Crippen LogP contribution in [0.2, 0.25) is 0 Å². The van der Waals surface area contributed by atoms with Gasteiger partial charge in [-0.05, 0) is 54.5 Å². The van der Waals surface area contributed by atoms with Crippen LogP contribution < -0.4 is 11.5 Å². The highest BCUT2D eigenvalue weighted by Gasteiger charge is 2.14. The molecule has 0 aliphatic carbocycles. The first kappa shape index (κ1) is 13.0. The third-order valence-electron chi connectivity index (χ3n) is 3.38. The van der Waals surface area contributed by atoms with E-state index in [-0.39, 0.29) is 0 Å². The maximum Gasteiger partial charge on any atom is 0.0317 e. The van der Waals surface area contributed by atoms with Gasteiger partial charge in [0.05, 0.1) is 0 Å². The smallest absolute Gasteiger partial charge is 0.0317 e. The van der Waals surface area contributed by atoms with E-state index in [4.69, 9.17) is 11.5 Å². The molecule has 1 rings (SSSR count). The van der Waals surface area contributed by atoms with E-state index in [0.717, 1.165) is 25.1 Å². The Kier molecular flexibility index (Phi) is 4.81. The zero-order valence-electron chi connectivity index (χ0n) is 10.7. The van der Waals surface area contributed by atoms with Gasteiger partial charge in [0.1, 0.15) is 0 Å². The number of hydrogen-bond donors (Lipinski definition) is 2. The van der Waals surface area contributed by atoms with Crippen LogP contribution in [0, 0.1) is 0 Å². The van der Waals surface area contributed by atoms with Crippen LogP contribution in [0.3, 0.4) is 0 Å². The zero-order chi connectivity index (χ0) is 12.1. The Balaban J connectivity index is 3.06. The normalized spacial score (nSPS) is 14.8. The van der Waals surface area contributed by atoms with E-state index in [1.165, 1.54) is 11.1 Å². The monoisotopic (exact) mass is 220 g/mol. The summed E-state index contributed by atoms with van der Waals surface area (Å²) in [6.07, 6.45) is 2.18. The Hall–Kier alpha value is -1.02. The van der Waals surface area contributed by atoms with Crippen LogP contribution in [-0.2, 0) is 0 Å². The van der Waals surface area contributed by atoms with Crippen molar-refractivity contribution in [3.05, 3.63) is 29.3 Å². The molecule has 1 aromatic carbocycles. The van der Waals surface area contributed by atoms with Crippen molar-refractivity contribution < 1.29 is 0 Å². The average molecular weight is 220 g/mol. The maximum atomic E-state index is 5.87. The molecule has 0 saturated heterocycles. The minimum atomic E-state index is 0.523. The Labute approximate surface area is 99.0 Å². The molecule has 0 bridgehead atoms. The highest BCUT2D eigenvalue weighted by Crippen LogP contribution is 2.31. The Morgan fingerprint density at radius 1 is 1.12 bits per heavy atom. The molecule has 0 heterocycles. The van der Waals surface area contributed by atoms with E-state index < -0.39 is 0 Å². The lowest BCUT2D eigenvalue weighted by Gasteiger charge is -2.20. The van der Waals surface area contributed by atoms with Crippen molar-refractivity contribution in [2.45, 2.75) is 45.4 Å². The fraction of sp³-hybridized carbons (Fsp3) is 0.571. The Morgan fingerprint density at radius 3 is 2.38 bits per heavy atom. The summed E-state index contributed by atoms with van der Waals surface area (Å²) in [6.45, 7) is 7.45. The quantitative estimate of drug-likeness (QED) is 0.748. The van der Waals surface area contributed by atoms with Gasteiger partial charge in [0, 0.05) is 5.69 Å². The van der Waals surface area contributed by atoms with Crippen molar-refractivity contribution in [1.29, 1.82) is 0 Å². The number of anilines is 1. The minimum absolute atomic E-state index is 0.523. The van der Waals surface area contributed by atoms with Crippen LogP contribution in [0.25, 0.3) is 0 Å². The van der Waals surface area contributed by atoms with Crippen LogP contribution in [0.1, 0.15) is 56.6 Å². The number of rotatable bonds is 5. The van der Waals surface area contributed by atoms with Crippen molar-refractivity contribution in [3.63, 3.8) is 0 Å². The van der Waals surface area contributed by atoms with Gasteiger partial charge in [-0.2, -0.15) is 0 Å². The zero-order valence-corrected chi connectivity index (χ0v) is 10.7. The van der Waals surface area contributed by atoms with E-state index in [9.17, 15) is 0 Å². The highest BCUT2D eigenvalue weighted by molar-refractivity contribution is 5.47. The number of nitrogen functional groups attached to an aromatic ring is 1. The predicted molar refractivity (Wildman–Crippen MR) is 71.6 cm³/mol. The summed E-state index contributed by atoms with van der Waals surface area (Å²) >= 11 is 0. The molecule has 0 saturated carbocycles. The van der Waals surface area contributed by atoms with Crippen molar-refractivity contribution in [2.24, 2.45) is 5.73 Å². The highest BCUT2D eigenvalue weighted by atomic mass is 14.5. The molecule has 90 valence electrons. The van der Waals surface area contributed by atoms with Crippen LogP contribution in [-0.4, -0.2) is 6.54 Å². The number of hydrogen-bond acceptors (Lipinski definition) is 2. The summed E-state index contributed by atoms with van der Waals surface area (Å²) < 4.78 is 0. The molecule has 0 aromatic heterocycles. The predicted octanol–water partition coefficient (Wildman–Crippen LogP) is 3.23. The molecule has 16 heavy (non-hydrogen) atoms. The number of benzene rings is 1. The largest absolute Gasteiger partial charge is 0.399 e. The molecule has 2 heteroatoms. The lowest BCUT2D eigenvalue weighted by atomic mass is 9.86. The first-order valence-corrected chi connectivity index (χ1v) is 6.19. The summed E-state index contributed by atoms with van der Waals surface area (Å²) in [5.74, 6) is 1.09. The van der Waals surface area contributed by atoms with Gasteiger partial charge in [0.2, 0.25) is 0 Å². The summed E-state index contributed by atoms with van der Waals surface area (Å²) in [7, 11) is 0. The van der Waals surface area contributed by atoms with Crippen molar-refractivity contribution in [3.8, 4) is 0 Å². The van der Waals surface area contributed by atoms with Crippen LogP contribution in [0.5, 0.6) is 0 Å². The van der Waals surface area contributed by atoms with E-state index in [1.54, 1.807) is 0 Å². The molecule has 1 aromatic rings. The van der Waals surface area contributed by atoms with Gasteiger partial charge in [-0.3, -0.25) is 0 Å². The van der Waals surface area contributed by atoms with Gasteiger partial charge < -0.3 is 11.5 Å². The molecule has 0 aliphatic rings. The second-order valence-electron chi connectivity index (χ2n) is 4.68. The second-order valence-corrected chi connectivity index (χ2v) is 4.68. The summed E-state index contributed by atoms with van der Waals surface area (Å²) in [5, 5.41) is 0. The first-order valence-electron chi connectivity index (χ1n) is 6.19. The lowest BCUT2D eigenvalue weighted by molar-refractivity contribution is 0.656. The molecule has 2 nitrogen and oxygen atoms in total. The SMILES string of the molecule is CCC(C)c1cc(N)ccc1C(C)CCN. The third kappa shape index (κ3) is 2.99. The molecule has 0 fully saturated rings. The lowest BCUT2D eigenvalue weighted by Crippen LogP contribution is -2.08. The molecule has 0 amide bonds. The maximum absolute atomic E-state index is 5.87. The van der Waals surface area contributed by atoms with E-state index in [0.29, 0.717) is 11.8 Å². The molecule has 0 spiro atoms. The topological polar surface area (TPSA) is 52.0 Å². The second kappa shape index (κ2) is 5.90. The summed E-state index contributed by atoms with van der Waals surface area (Å²) in [6, 6.07) is 6.28. The molecular formula is C14H24N2. The first-order chi connectivity index (χ1) is 7.60. The van der Waals surface area contributed by atoms with Gasteiger partial charge in [-0.25, -0.2) is 0 Å². The van der Waals surface area contributed by atoms with Crippen molar-refractivity contribution in [1.82, 2.24) is 0 Å². The minimum Gasteiger partial charge on any atom is -0.399 e. The average Bonchev–Trinajstić information content (AvgIpc) is 2.28. The molecule has 2 atom stereocenters. The third-order valence-corrected chi connectivity index (χ3v) is 3.38. The molecule has 2 unspecified atom stereocenters. The van der Waals surface area contributed by atoms with Gasteiger partial charge in [-0.1, -0.05) is 26.8 Å². The Morgan fingerprint density at radius 2 is 1.81 bits per heavy atom. The standard InChI is InChI=1S/C14H24N2/c1-4-10(2)14-9-12(16)5-6-13(14)11(3)7-8-15/h5-6,9-11H,4,7-8,15-16H2,1-3H3. The van der Waals surface area contributed by atoms with E-state index in [1.807, 2.05) is 6.07 Å². The number of nitrogens with two attached hydrogens (primary N) is 2.